The highest BCUT2D eigenvalue weighted by Gasteiger charge is 2.49. The Morgan fingerprint density at radius 1 is 1.39 bits per heavy atom. The number of aliphatic carboxylic acids is 1. The van der Waals surface area contributed by atoms with Gasteiger partial charge < -0.3 is 9.84 Å². The van der Waals surface area contributed by atoms with Gasteiger partial charge in [0, 0.05) is 0 Å². The maximum Gasteiger partial charge on any atom is 0.327 e. The van der Waals surface area contributed by atoms with Crippen molar-refractivity contribution < 1.29 is 19.4 Å². The number of hydrogen-bond donors (Lipinski definition) is 1. The van der Waals surface area contributed by atoms with Gasteiger partial charge in [-0.1, -0.05) is 26.7 Å². The molecule has 0 aromatic carbocycles. The van der Waals surface area contributed by atoms with Crippen molar-refractivity contribution in [1.29, 1.82) is 5.26 Å². The average molecular weight is 255 g/mol. The number of carboxylic acid groups (broad SMARTS) is 1. The Labute approximate surface area is 108 Å². The second-order valence-corrected chi connectivity index (χ2v) is 4.19. The van der Waals surface area contributed by atoms with Crippen molar-refractivity contribution in [2.75, 3.05) is 6.61 Å². The number of carbonyl (C=O) groups excluding carboxylic acids is 1. The van der Waals surface area contributed by atoms with Crippen LogP contribution in [0.15, 0.2) is 0 Å². The molecular formula is C13H21NO4. The fraction of sp³-hybridized carbons (Fsp3) is 0.769. The number of carbonyl (C=O) groups is 2. The summed E-state index contributed by atoms with van der Waals surface area (Å²) >= 11 is 0. The first-order valence-electron chi connectivity index (χ1n) is 6.31. The first kappa shape index (κ1) is 16.4. The van der Waals surface area contributed by atoms with Crippen molar-refractivity contribution >= 4 is 11.9 Å². The zero-order valence-corrected chi connectivity index (χ0v) is 11.2. The zero-order chi connectivity index (χ0) is 14.2. The molecule has 2 unspecified atom stereocenters. The van der Waals surface area contributed by atoms with Gasteiger partial charge >= 0.3 is 11.9 Å². The first-order valence-corrected chi connectivity index (χ1v) is 6.31. The normalized spacial score (nSPS) is 15.2. The third-order valence-electron chi connectivity index (χ3n) is 3.14. The molecule has 0 fully saturated rings. The van der Waals surface area contributed by atoms with Gasteiger partial charge in [0.25, 0.3) is 0 Å². The number of nitriles is 1. The van der Waals surface area contributed by atoms with E-state index in [2.05, 4.69) is 0 Å². The molecule has 0 aromatic heterocycles. The van der Waals surface area contributed by atoms with Crippen LogP contribution in [0.1, 0.15) is 46.5 Å². The molecule has 0 aliphatic heterocycles. The molecule has 18 heavy (non-hydrogen) atoms. The summed E-state index contributed by atoms with van der Waals surface area (Å²) in [7, 11) is 0. The lowest BCUT2D eigenvalue weighted by Gasteiger charge is -2.29. The summed E-state index contributed by atoms with van der Waals surface area (Å²) in [6, 6.07) is 1.88. The summed E-state index contributed by atoms with van der Waals surface area (Å²) < 4.78 is 4.88. The van der Waals surface area contributed by atoms with Gasteiger partial charge in [-0.2, -0.15) is 5.26 Å². The SMILES string of the molecule is CCCCC(C(=O)O)C(C#N)(CC)C(=O)OCC. The number of unbranched alkanes of at least 4 members (excludes halogenated alkanes) is 1. The number of rotatable bonds is 8. The number of hydrogen-bond acceptors (Lipinski definition) is 4. The fourth-order valence-corrected chi connectivity index (χ4v) is 1.98. The molecule has 1 N–H and O–H groups in total. The molecule has 0 spiro atoms. The van der Waals surface area contributed by atoms with E-state index in [-0.39, 0.29) is 13.0 Å². The van der Waals surface area contributed by atoms with Crippen molar-refractivity contribution in [2.24, 2.45) is 11.3 Å². The summed E-state index contributed by atoms with van der Waals surface area (Å²) in [6.07, 6.45) is 1.94. The van der Waals surface area contributed by atoms with Crippen molar-refractivity contribution in [1.82, 2.24) is 0 Å². The average Bonchev–Trinajstić information content (AvgIpc) is 2.34. The minimum atomic E-state index is -1.57. The van der Waals surface area contributed by atoms with Crippen LogP contribution in [0, 0.1) is 22.7 Å². The molecule has 0 aliphatic rings. The standard InChI is InChI=1S/C13H21NO4/c1-4-7-8-10(11(15)16)13(5-2,9-14)12(17)18-6-3/h10H,4-8H2,1-3H3,(H,15,16). The molecular weight excluding hydrogens is 234 g/mol. The Balaban J connectivity index is 5.31. The van der Waals surface area contributed by atoms with E-state index in [0.717, 1.165) is 6.42 Å². The topological polar surface area (TPSA) is 87.4 Å². The van der Waals surface area contributed by atoms with E-state index in [1.807, 2.05) is 13.0 Å². The van der Waals surface area contributed by atoms with Gasteiger partial charge in [0.05, 0.1) is 18.6 Å². The lowest BCUT2D eigenvalue weighted by Crippen LogP contribution is -2.42. The number of nitrogens with zero attached hydrogens (tertiary/aromatic N) is 1. The maximum atomic E-state index is 11.9. The van der Waals surface area contributed by atoms with E-state index >= 15 is 0 Å². The molecule has 0 aromatic rings. The van der Waals surface area contributed by atoms with Crippen LogP contribution in [-0.4, -0.2) is 23.7 Å². The van der Waals surface area contributed by atoms with Gasteiger partial charge in [0.2, 0.25) is 0 Å². The predicted molar refractivity (Wildman–Crippen MR) is 65.6 cm³/mol. The van der Waals surface area contributed by atoms with E-state index in [4.69, 9.17) is 4.74 Å². The molecule has 0 bridgehead atoms. The monoisotopic (exact) mass is 255 g/mol. The summed E-state index contributed by atoms with van der Waals surface area (Å²) in [4.78, 5) is 23.2. The number of esters is 1. The zero-order valence-electron chi connectivity index (χ0n) is 11.2. The summed E-state index contributed by atoms with van der Waals surface area (Å²) in [5.41, 5.74) is -1.57. The molecule has 2 atom stereocenters. The molecule has 102 valence electrons. The predicted octanol–water partition coefficient (Wildman–Crippen LogP) is 2.36. The van der Waals surface area contributed by atoms with Crippen molar-refractivity contribution in [3.05, 3.63) is 0 Å². The highest BCUT2D eigenvalue weighted by molar-refractivity contribution is 5.87. The summed E-state index contributed by atoms with van der Waals surface area (Å²) in [5.74, 6) is -2.84. The molecule has 0 saturated carbocycles. The minimum Gasteiger partial charge on any atom is -0.481 e. The Kier molecular flexibility index (Phi) is 7.03. The van der Waals surface area contributed by atoms with E-state index < -0.39 is 23.3 Å². The summed E-state index contributed by atoms with van der Waals surface area (Å²) in [5, 5.41) is 18.5. The Morgan fingerprint density at radius 2 is 2.00 bits per heavy atom. The van der Waals surface area contributed by atoms with Gasteiger partial charge in [-0.25, -0.2) is 0 Å². The molecule has 0 amide bonds. The van der Waals surface area contributed by atoms with Crippen molar-refractivity contribution in [3.8, 4) is 6.07 Å². The second kappa shape index (κ2) is 7.70. The molecule has 0 saturated heterocycles. The van der Waals surface area contributed by atoms with Crippen molar-refractivity contribution in [3.63, 3.8) is 0 Å². The van der Waals surface area contributed by atoms with Gasteiger partial charge in [0.1, 0.15) is 0 Å². The van der Waals surface area contributed by atoms with E-state index in [1.54, 1.807) is 13.8 Å². The van der Waals surface area contributed by atoms with Crippen LogP contribution < -0.4 is 0 Å². The second-order valence-electron chi connectivity index (χ2n) is 4.19. The molecule has 5 heteroatoms. The Hall–Kier alpha value is -1.57. The molecule has 0 heterocycles. The van der Waals surface area contributed by atoms with Crippen LogP contribution in [0.4, 0.5) is 0 Å². The van der Waals surface area contributed by atoms with Gasteiger partial charge in [0.15, 0.2) is 5.41 Å². The molecule has 0 radical (unpaired) electrons. The van der Waals surface area contributed by atoms with Crippen LogP contribution in [-0.2, 0) is 14.3 Å². The van der Waals surface area contributed by atoms with Crippen molar-refractivity contribution in [2.45, 2.75) is 46.5 Å². The first-order chi connectivity index (χ1) is 8.49. The maximum absolute atomic E-state index is 11.9. The van der Waals surface area contributed by atoms with Crippen LogP contribution in [0.3, 0.4) is 0 Å². The largest absolute Gasteiger partial charge is 0.481 e. The van der Waals surface area contributed by atoms with Gasteiger partial charge in [-0.15, -0.1) is 0 Å². The fourth-order valence-electron chi connectivity index (χ4n) is 1.98. The Morgan fingerprint density at radius 3 is 2.33 bits per heavy atom. The lowest BCUT2D eigenvalue weighted by atomic mass is 9.72. The molecule has 5 nitrogen and oxygen atoms in total. The van der Waals surface area contributed by atoms with E-state index in [1.165, 1.54) is 0 Å². The number of ether oxygens (including phenoxy) is 1. The quantitative estimate of drug-likeness (QED) is 0.673. The molecule has 0 rings (SSSR count). The van der Waals surface area contributed by atoms with Crippen LogP contribution in [0.2, 0.25) is 0 Å². The Bertz CT molecular complexity index is 334. The van der Waals surface area contributed by atoms with E-state index in [9.17, 15) is 20.0 Å². The lowest BCUT2D eigenvalue weighted by molar-refractivity contribution is -0.163. The minimum absolute atomic E-state index is 0.141. The van der Waals surface area contributed by atoms with Gasteiger partial charge in [-0.05, 0) is 19.8 Å². The van der Waals surface area contributed by atoms with E-state index in [0.29, 0.717) is 12.8 Å². The van der Waals surface area contributed by atoms with Crippen LogP contribution in [0.5, 0.6) is 0 Å². The van der Waals surface area contributed by atoms with Gasteiger partial charge in [-0.3, -0.25) is 9.59 Å². The highest BCUT2D eigenvalue weighted by atomic mass is 16.5. The summed E-state index contributed by atoms with van der Waals surface area (Å²) in [6.45, 7) is 5.35. The molecule has 0 aliphatic carbocycles. The number of carboxylic acids is 1. The highest BCUT2D eigenvalue weighted by Crippen LogP contribution is 2.36. The smallest absolute Gasteiger partial charge is 0.327 e. The third-order valence-corrected chi connectivity index (χ3v) is 3.14. The van der Waals surface area contributed by atoms with Crippen LogP contribution >= 0.6 is 0 Å². The van der Waals surface area contributed by atoms with Crippen LogP contribution in [0.25, 0.3) is 0 Å². The third kappa shape index (κ3) is 3.46.